The average Bonchev–Trinajstić information content (AvgIpc) is 2.51. The van der Waals surface area contributed by atoms with E-state index in [1.807, 2.05) is 13.8 Å². The zero-order valence-corrected chi connectivity index (χ0v) is 8.56. The quantitative estimate of drug-likeness (QED) is 0.478. The number of rotatable bonds is 6. The largest absolute Gasteiger partial charge is 0.349 e. The van der Waals surface area contributed by atoms with Gasteiger partial charge >= 0.3 is 0 Å². The van der Waals surface area contributed by atoms with E-state index in [-0.39, 0.29) is 6.42 Å². The molecule has 0 saturated carbocycles. The van der Waals surface area contributed by atoms with Crippen molar-refractivity contribution in [3.63, 3.8) is 0 Å². The normalized spacial score (nSPS) is 30.9. The molecule has 1 rings (SSSR count). The molecule has 0 amide bonds. The van der Waals surface area contributed by atoms with Crippen LogP contribution in [0.4, 0.5) is 0 Å². The molecule has 0 radical (unpaired) electrons. The molecule has 0 aromatic rings. The van der Waals surface area contributed by atoms with Crippen molar-refractivity contribution < 1.29 is 19.0 Å². The molecule has 1 aliphatic rings. The summed E-state index contributed by atoms with van der Waals surface area (Å²) in [5, 5.41) is 0. The molecule has 2 unspecified atom stereocenters. The van der Waals surface area contributed by atoms with Crippen LogP contribution in [0.25, 0.3) is 0 Å². The van der Waals surface area contributed by atoms with Gasteiger partial charge in [-0.05, 0) is 26.0 Å². The van der Waals surface area contributed by atoms with E-state index in [0.29, 0.717) is 13.2 Å². The molecule has 1 heterocycles. The molecule has 0 bridgehead atoms. The molecule has 2 atom stereocenters. The fourth-order valence-corrected chi connectivity index (χ4v) is 1.37. The highest BCUT2D eigenvalue weighted by atomic mass is 16.8. The van der Waals surface area contributed by atoms with Crippen LogP contribution in [0, 0.1) is 0 Å². The maximum atomic E-state index is 10.5. The standard InChI is InChI=1S/C10H16O4/c1-3-12-9-5-6-10(14-9,7-8-11)13-4-2/h5-6,8-9H,3-4,7H2,1-2H3. The van der Waals surface area contributed by atoms with E-state index in [2.05, 4.69) is 0 Å². The van der Waals surface area contributed by atoms with E-state index >= 15 is 0 Å². The van der Waals surface area contributed by atoms with Gasteiger partial charge in [0.05, 0.1) is 6.42 Å². The number of hydrogen-bond donors (Lipinski definition) is 0. The van der Waals surface area contributed by atoms with Gasteiger partial charge in [0.1, 0.15) is 6.29 Å². The van der Waals surface area contributed by atoms with Crippen LogP contribution in [0.15, 0.2) is 12.2 Å². The molecule has 0 N–H and O–H groups in total. The predicted octanol–water partition coefficient (Wildman–Crippen LogP) is 1.26. The lowest BCUT2D eigenvalue weighted by molar-refractivity contribution is -0.254. The van der Waals surface area contributed by atoms with Crippen LogP contribution in [0.1, 0.15) is 20.3 Å². The van der Waals surface area contributed by atoms with Crippen molar-refractivity contribution in [2.45, 2.75) is 32.3 Å². The van der Waals surface area contributed by atoms with Gasteiger partial charge in [0, 0.05) is 13.2 Å². The highest BCUT2D eigenvalue weighted by Crippen LogP contribution is 2.28. The second-order valence-electron chi connectivity index (χ2n) is 2.92. The third kappa shape index (κ3) is 2.64. The van der Waals surface area contributed by atoms with E-state index in [0.717, 1.165) is 6.29 Å². The van der Waals surface area contributed by atoms with Gasteiger partial charge in [-0.3, -0.25) is 0 Å². The van der Waals surface area contributed by atoms with Gasteiger partial charge in [0.25, 0.3) is 0 Å². The maximum absolute atomic E-state index is 10.5. The Morgan fingerprint density at radius 1 is 1.50 bits per heavy atom. The van der Waals surface area contributed by atoms with E-state index in [4.69, 9.17) is 14.2 Å². The minimum atomic E-state index is -0.906. The van der Waals surface area contributed by atoms with Gasteiger partial charge in [-0.15, -0.1) is 0 Å². The van der Waals surface area contributed by atoms with Crippen molar-refractivity contribution in [2.75, 3.05) is 13.2 Å². The monoisotopic (exact) mass is 200 g/mol. The summed E-state index contributed by atoms with van der Waals surface area (Å²) in [6.45, 7) is 4.81. The molecule has 0 spiro atoms. The van der Waals surface area contributed by atoms with Gasteiger partial charge in [-0.2, -0.15) is 0 Å². The van der Waals surface area contributed by atoms with Gasteiger partial charge in [0.15, 0.2) is 12.1 Å². The van der Waals surface area contributed by atoms with Crippen LogP contribution in [-0.4, -0.2) is 31.6 Å². The van der Waals surface area contributed by atoms with Gasteiger partial charge in [0.2, 0.25) is 0 Å². The van der Waals surface area contributed by atoms with Crippen LogP contribution < -0.4 is 0 Å². The highest BCUT2D eigenvalue weighted by molar-refractivity contribution is 5.52. The molecular weight excluding hydrogens is 184 g/mol. The highest BCUT2D eigenvalue weighted by Gasteiger charge is 2.36. The molecule has 0 aromatic heterocycles. The van der Waals surface area contributed by atoms with Crippen LogP contribution in [-0.2, 0) is 19.0 Å². The van der Waals surface area contributed by atoms with E-state index < -0.39 is 12.1 Å². The summed E-state index contributed by atoms with van der Waals surface area (Å²) >= 11 is 0. The summed E-state index contributed by atoms with van der Waals surface area (Å²) in [6.07, 6.45) is 4.09. The van der Waals surface area contributed by atoms with Crippen LogP contribution in [0.5, 0.6) is 0 Å². The van der Waals surface area contributed by atoms with E-state index in [1.165, 1.54) is 0 Å². The Morgan fingerprint density at radius 2 is 2.29 bits per heavy atom. The Bertz CT molecular complexity index is 214. The van der Waals surface area contributed by atoms with Crippen molar-refractivity contribution >= 4 is 6.29 Å². The Labute approximate surface area is 83.8 Å². The van der Waals surface area contributed by atoms with Gasteiger partial charge in [-0.1, -0.05) is 0 Å². The topological polar surface area (TPSA) is 44.8 Å². The number of ether oxygens (including phenoxy) is 3. The molecule has 0 aromatic carbocycles. The van der Waals surface area contributed by atoms with Crippen LogP contribution >= 0.6 is 0 Å². The second-order valence-corrected chi connectivity index (χ2v) is 2.92. The lowest BCUT2D eigenvalue weighted by atomic mass is 10.2. The third-order valence-electron chi connectivity index (χ3n) is 1.91. The second kappa shape index (κ2) is 5.24. The van der Waals surface area contributed by atoms with E-state index in [9.17, 15) is 4.79 Å². The number of hydrogen-bond acceptors (Lipinski definition) is 4. The van der Waals surface area contributed by atoms with Crippen molar-refractivity contribution in [2.24, 2.45) is 0 Å². The molecule has 0 aliphatic carbocycles. The van der Waals surface area contributed by atoms with Crippen molar-refractivity contribution in [3.05, 3.63) is 12.2 Å². The van der Waals surface area contributed by atoms with Crippen molar-refractivity contribution in [1.29, 1.82) is 0 Å². The fraction of sp³-hybridized carbons (Fsp3) is 0.700. The first-order chi connectivity index (χ1) is 6.76. The summed E-state index contributed by atoms with van der Waals surface area (Å²) in [4.78, 5) is 10.5. The number of carbonyl (C=O) groups is 1. The minimum Gasteiger partial charge on any atom is -0.349 e. The smallest absolute Gasteiger partial charge is 0.197 e. The average molecular weight is 200 g/mol. The Hall–Kier alpha value is -0.710. The zero-order chi connectivity index (χ0) is 10.4. The molecule has 14 heavy (non-hydrogen) atoms. The van der Waals surface area contributed by atoms with Gasteiger partial charge in [-0.25, -0.2) is 0 Å². The first-order valence-corrected chi connectivity index (χ1v) is 4.82. The van der Waals surface area contributed by atoms with Gasteiger partial charge < -0.3 is 19.0 Å². The maximum Gasteiger partial charge on any atom is 0.197 e. The third-order valence-corrected chi connectivity index (χ3v) is 1.91. The van der Waals surface area contributed by atoms with Crippen LogP contribution in [0.2, 0.25) is 0 Å². The summed E-state index contributed by atoms with van der Waals surface area (Å²) in [5.74, 6) is -0.906. The van der Waals surface area contributed by atoms with Crippen molar-refractivity contribution in [3.8, 4) is 0 Å². The minimum absolute atomic E-state index is 0.195. The molecule has 4 heteroatoms. The van der Waals surface area contributed by atoms with E-state index in [1.54, 1.807) is 12.2 Å². The summed E-state index contributed by atoms with van der Waals surface area (Å²) in [7, 11) is 0. The zero-order valence-electron chi connectivity index (χ0n) is 8.56. The molecular formula is C10H16O4. The molecule has 80 valence electrons. The molecule has 0 fully saturated rings. The van der Waals surface area contributed by atoms with Crippen LogP contribution in [0.3, 0.4) is 0 Å². The lowest BCUT2D eigenvalue weighted by Crippen LogP contribution is -2.34. The van der Waals surface area contributed by atoms with Crippen molar-refractivity contribution in [1.82, 2.24) is 0 Å². The molecule has 1 aliphatic heterocycles. The molecule has 4 nitrogen and oxygen atoms in total. The summed E-state index contributed by atoms with van der Waals surface area (Å²) in [5.41, 5.74) is 0. The number of carbonyl (C=O) groups excluding carboxylic acids is 1. The Kier molecular flexibility index (Phi) is 4.25. The first-order valence-electron chi connectivity index (χ1n) is 4.82. The molecule has 0 saturated heterocycles. The summed E-state index contributed by atoms with van der Waals surface area (Å²) in [6, 6.07) is 0. The first kappa shape index (κ1) is 11.4. The SMILES string of the molecule is CCOC1C=CC(CC=O)(OCC)O1. The number of aldehydes is 1. The fourth-order valence-electron chi connectivity index (χ4n) is 1.37. The Balaban J connectivity index is 2.55. The Morgan fingerprint density at radius 3 is 2.86 bits per heavy atom. The predicted molar refractivity (Wildman–Crippen MR) is 50.7 cm³/mol. The summed E-state index contributed by atoms with van der Waals surface area (Å²) < 4.78 is 16.1. The lowest BCUT2D eigenvalue weighted by Gasteiger charge is -2.26.